The zero-order valence-electron chi connectivity index (χ0n) is 10.3. The summed E-state index contributed by atoms with van der Waals surface area (Å²) in [5, 5.41) is 11.9. The summed E-state index contributed by atoms with van der Waals surface area (Å²) >= 11 is 0. The SMILES string of the molecule is COc1ccc(C)cc1C1NC(=O)CC1C(=O)O. The normalized spacial score (nSPS) is 22.7. The smallest absolute Gasteiger partial charge is 0.309 e. The Morgan fingerprint density at radius 2 is 2.22 bits per heavy atom. The van der Waals surface area contributed by atoms with Crippen molar-refractivity contribution in [2.24, 2.45) is 5.92 Å². The van der Waals surface area contributed by atoms with Crippen molar-refractivity contribution in [1.82, 2.24) is 5.32 Å². The summed E-state index contributed by atoms with van der Waals surface area (Å²) in [7, 11) is 1.53. The Balaban J connectivity index is 2.43. The number of carbonyl (C=O) groups excluding carboxylic acids is 1. The molecule has 2 rings (SSSR count). The van der Waals surface area contributed by atoms with Gasteiger partial charge in [-0.15, -0.1) is 0 Å². The summed E-state index contributed by atoms with van der Waals surface area (Å²) < 4.78 is 5.23. The van der Waals surface area contributed by atoms with Gasteiger partial charge in [-0.3, -0.25) is 9.59 Å². The van der Waals surface area contributed by atoms with E-state index < -0.39 is 17.9 Å². The number of nitrogens with one attached hydrogen (secondary N) is 1. The number of rotatable bonds is 3. The number of carboxylic acid groups (broad SMARTS) is 1. The second kappa shape index (κ2) is 4.68. The first-order valence-corrected chi connectivity index (χ1v) is 5.69. The molecule has 18 heavy (non-hydrogen) atoms. The molecule has 1 aromatic carbocycles. The molecule has 1 aliphatic heterocycles. The second-order valence-electron chi connectivity index (χ2n) is 4.44. The number of amides is 1. The third-order valence-electron chi connectivity index (χ3n) is 3.16. The van der Waals surface area contributed by atoms with E-state index in [1.165, 1.54) is 7.11 Å². The highest BCUT2D eigenvalue weighted by Crippen LogP contribution is 2.36. The average Bonchev–Trinajstić information content (AvgIpc) is 2.71. The lowest BCUT2D eigenvalue weighted by molar-refractivity contribution is -0.142. The largest absolute Gasteiger partial charge is 0.496 e. The monoisotopic (exact) mass is 249 g/mol. The molecule has 0 aromatic heterocycles. The second-order valence-corrected chi connectivity index (χ2v) is 4.44. The summed E-state index contributed by atoms with van der Waals surface area (Å²) in [6.45, 7) is 1.91. The predicted molar refractivity (Wildman–Crippen MR) is 64.4 cm³/mol. The number of hydrogen-bond acceptors (Lipinski definition) is 3. The van der Waals surface area contributed by atoms with Gasteiger partial charge in [0, 0.05) is 12.0 Å². The molecule has 2 unspecified atom stereocenters. The van der Waals surface area contributed by atoms with Crippen molar-refractivity contribution >= 4 is 11.9 Å². The van der Waals surface area contributed by atoms with Crippen LogP contribution in [0.2, 0.25) is 0 Å². The lowest BCUT2D eigenvalue weighted by Crippen LogP contribution is -2.25. The van der Waals surface area contributed by atoms with Gasteiger partial charge in [-0.2, -0.15) is 0 Å². The van der Waals surface area contributed by atoms with Crippen molar-refractivity contribution in [2.45, 2.75) is 19.4 Å². The third-order valence-corrected chi connectivity index (χ3v) is 3.16. The number of carbonyl (C=O) groups is 2. The van der Waals surface area contributed by atoms with E-state index in [-0.39, 0.29) is 12.3 Å². The molecule has 1 fully saturated rings. The summed E-state index contributed by atoms with van der Waals surface area (Å²) in [4.78, 5) is 22.6. The molecule has 0 bridgehead atoms. The first-order chi connectivity index (χ1) is 8.52. The van der Waals surface area contributed by atoms with Crippen LogP contribution >= 0.6 is 0 Å². The number of hydrogen-bond donors (Lipinski definition) is 2. The van der Waals surface area contributed by atoms with E-state index in [0.717, 1.165) is 11.1 Å². The van der Waals surface area contributed by atoms with E-state index >= 15 is 0 Å². The Hall–Kier alpha value is -2.04. The molecule has 96 valence electrons. The van der Waals surface area contributed by atoms with Crippen molar-refractivity contribution in [2.75, 3.05) is 7.11 Å². The topological polar surface area (TPSA) is 75.6 Å². The fourth-order valence-corrected chi connectivity index (χ4v) is 2.27. The maximum absolute atomic E-state index is 11.4. The number of ether oxygens (including phenoxy) is 1. The number of aliphatic carboxylic acids is 1. The molecule has 0 saturated carbocycles. The van der Waals surface area contributed by atoms with Crippen molar-refractivity contribution in [1.29, 1.82) is 0 Å². The molecule has 0 spiro atoms. The van der Waals surface area contributed by atoms with Gasteiger partial charge in [0.15, 0.2) is 0 Å². The van der Waals surface area contributed by atoms with E-state index in [1.54, 1.807) is 6.07 Å². The molecule has 1 amide bonds. The molecule has 1 heterocycles. The Morgan fingerprint density at radius 3 is 2.83 bits per heavy atom. The summed E-state index contributed by atoms with van der Waals surface area (Å²) in [5.74, 6) is -1.36. The number of aryl methyl sites for hydroxylation is 1. The van der Waals surface area contributed by atoms with Gasteiger partial charge in [-0.05, 0) is 13.0 Å². The van der Waals surface area contributed by atoms with Gasteiger partial charge in [0.25, 0.3) is 0 Å². The minimum Gasteiger partial charge on any atom is -0.496 e. The highest BCUT2D eigenvalue weighted by Gasteiger charge is 2.39. The maximum atomic E-state index is 11.4. The molecule has 2 atom stereocenters. The van der Waals surface area contributed by atoms with Crippen molar-refractivity contribution in [3.63, 3.8) is 0 Å². The van der Waals surface area contributed by atoms with E-state index in [1.807, 2.05) is 19.1 Å². The summed E-state index contributed by atoms with van der Waals surface area (Å²) in [6.07, 6.45) is 0.0110. The van der Waals surface area contributed by atoms with Gasteiger partial charge < -0.3 is 15.2 Å². The molecule has 5 nitrogen and oxygen atoms in total. The van der Waals surface area contributed by atoms with Crippen LogP contribution in [0.15, 0.2) is 18.2 Å². The van der Waals surface area contributed by atoms with Crippen molar-refractivity contribution in [3.05, 3.63) is 29.3 Å². The highest BCUT2D eigenvalue weighted by atomic mass is 16.5. The van der Waals surface area contributed by atoms with Crippen LogP contribution in [0.5, 0.6) is 5.75 Å². The van der Waals surface area contributed by atoms with Gasteiger partial charge in [-0.25, -0.2) is 0 Å². The van der Waals surface area contributed by atoms with Gasteiger partial charge >= 0.3 is 5.97 Å². The molecule has 1 aliphatic rings. The Kier molecular flexibility index (Phi) is 3.23. The molecule has 2 N–H and O–H groups in total. The van der Waals surface area contributed by atoms with Crippen LogP contribution in [0.1, 0.15) is 23.6 Å². The van der Waals surface area contributed by atoms with Crippen LogP contribution in [0, 0.1) is 12.8 Å². The predicted octanol–water partition coefficient (Wildman–Crippen LogP) is 1.27. The molecule has 5 heteroatoms. The third kappa shape index (κ3) is 2.16. The van der Waals surface area contributed by atoms with E-state index in [4.69, 9.17) is 9.84 Å². The fraction of sp³-hybridized carbons (Fsp3) is 0.385. The van der Waals surface area contributed by atoms with Crippen LogP contribution in [0.3, 0.4) is 0 Å². The Bertz CT molecular complexity index is 498. The van der Waals surface area contributed by atoms with E-state index in [9.17, 15) is 9.59 Å². The van der Waals surface area contributed by atoms with Gasteiger partial charge in [-0.1, -0.05) is 17.7 Å². The number of carboxylic acids is 1. The van der Waals surface area contributed by atoms with Gasteiger partial charge in [0.2, 0.25) is 5.91 Å². The van der Waals surface area contributed by atoms with Crippen LogP contribution in [-0.4, -0.2) is 24.1 Å². The lowest BCUT2D eigenvalue weighted by Gasteiger charge is -2.19. The van der Waals surface area contributed by atoms with Crippen molar-refractivity contribution in [3.8, 4) is 5.75 Å². The molecule has 0 radical (unpaired) electrons. The quantitative estimate of drug-likeness (QED) is 0.845. The molecular weight excluding hydrogens is 234 g/mol. The van der Waals surface area contributed by atoms with Crippen LogP contribution < -0.4 is 10.1 Å². The van der Waals surface area contributed by atoms with Crippen molar-refractivity contribution < 1.29 is 19.4 Å². The standard InChI is InChI=1S/C13H15NO4/c1-7-3-4-10(18-2)8(5-7)12-9(13(16)17)6-11(15)14-12/h3-5,9,12H,6H2,1-2H3,(H,14,15)(H,16,17). The zero-order chi connectivity index (χ0) is 13.3. The Morgan fingerprint density at radius 1 is 1.50 bits per heavy atom. The van der Waals surface area contributed by atoms with Crippen LogP contribution in [0.25, 0.3) is 0 Å². The van der Waals surface area contributed by atoms with Crippen LogP contribution in [0.4, 0.5) is 0 Å². The van der Waals surface area contributed by atoms with Gasteiger partial charge in [0.1, 0.15) is 5.75 Å². The highest BCUT2D eigenvalue weighted by molar-refractivity contribution is 5.87. The minimum atomic E-state index is -0.970. The average molecular weight is 249 g/mol. The number of benzene rings is 1. The molecule has 1 saturated heterocycles. The fourth-order valence-electron chi connectivity index (χ4n) is 2.27. The minimum absolute atomic E-state index is 0.0110. The first-order valence-electron chi connectivity index (χ1n) is 5.69. The van der Waals surface area contributed by atoms with E-state index in [0.29, 0.717) is 5.75 Å². The molecule has 0 aliphatic carbocycles. The van der Waals surface area contributed by atoms with E-state index in [2.05, 4.69) is 5.32 Å². The number of methoxy groups -OCH3 is 1. The molecule has 1 aromatic rings. The molecular formula is C13H15NO4. The Labute approximate surface area is 105 Å². The lowest BCUT2D eigenvalue weighted by atomic mass is 9.92. The summed E-state index contributed by atoms with van der Waals surface area (Å²) in [5.41, 5.74) is 1.71. The summed E-state index contributed by atoms with van der Waals surface area (Å²) in [6, 6.07) is 5.00. The maximum Gasteiger partial charge on any atom is 0.309 e. The van der Waals surface area contributed by atoms with Gasteiger partial charge in [0.05, 0.1) is 19.1 Å². The van der Waals surface area contributed by atoms with Crippen LogP contribution in [-0.2, 0) is 9.59 Å². The zero-order valence-corrected chi connectivity index (χ0v) is 10.3. The first kappa shape index (κ1) is 12.4.